The number of hydrogen-bond acceptors (Lipinski definition) is 4. The molecular weight excluding hydrogens is 510 g/mol. The zero-order valence-electron chi connectivity index (χ0n) is 23.6. The summed E-state index contributed by atoms with van der Waals surface area (Å²) in [5.41, 5.74) is 2.39. The highest BCUT2D eigenvalue weighted by Gasteiger charge is 2.46. The second kappa shape index (κ2) is 13.1. The van der Waals surface area contributed by atoms with Gasteiger partial charge in [0.05, 0.1) is 11.6 Å². The first-order valence-electron chi connectivity index (χ1n) is 14.4. The number of aryl methyl sites for hydroxylation is 1. The van der Waals surface area contributed by atoms with E-state index in [9.17, 15) is 9.59 Å². The zero-order chi connectivity index (χ0) is 28.7. The van der Waals surface area contributed by atoms with Crippen LogP contribution in [0.2, 0.25) is 0 Å². The first kappa shape index (κ1) is 28.5. The number of aromatic nitrogens is 2. The average molecular weight is 549 g/mol. The molecule has 211 valence electrons. The van der Waals surface area contributed by atoms with Crippen LogP contribution in [0, 0.1) is 13.3 Å². The van der Waals surface area contributed by atoms with Crippen LogP contribution in [0.3, 0.4) is 0 Å². The fourth-order valence-corrected chi connectivity index (χ4v) is 5.97. The number of aromatic amines is 1. The Labute approximate surface area is 241 Å². The van der Waals surface area contributed by atoms with Gasteiger partial charge < -0.3 is 4.74 Å². The van der Waals surface area contributed by atoms with E-state index in [0.29, 0.717) is 18.7 Å². The van der Waals surface area contributed by atoms with E-state index in [0.717, 1.165) is 42.4 Å². The molecule has 1 aliphatic rings. The highest BCUT2D eigenvalue weighted by Crippen LogP contribution is 2.44. The SMILES string of the molecule is C=CCCC[CH]CC1CN(C(c2ccccc2)(c2ccccc2)c2ccccc2)CC(n2cc(C)c(=O)[nH]c2=O)O1. The third-order valence-electron chi connectivity index (χ3n) is 7.90. The number of H-pyrrole nitrogens is 1. The van der Waals surface area contributed by atoms with Crippen molar-refractivity contribution < 1.29 is 4.74 Å². The minimum atomic E-state index is -0.645. The number of morpholine rings is 1. The molecule has 0 bridgehead atoms. The number of rotatable bonds is 11. The number of nitrogens with one attached hydrogen (secondary N) is 1. The molecule has 2 heterocycles. The summed E-state index contributed by atoms with van der Waals surface area (Å²) in [6.45, 7) is 6.64. The largest absolute Gasteiger partial charge is 0.352 e. The lowest BCUT2D eigenvalue weighted by Gasteiger charge is -2.50. The van der Waals surface area contributed by atoms with Gasteiger partial charge in [-0.15, -0.1) is 6.58 Å². The van der Waals surface area contributed by atoms with Gasteiger partial charge in [0, 0.05) is 24.8 Å². The molecule has 1 aliphatic heterocycles. The molecule has 6 nitrogen and oxygen atoms in total. The third kappa shape index (κ3) is 6.04. The predicted molar refractivity (Wildman–Crippen MR) is 164 cm³/mol. The maximum atomic E-state index is 13.1. The Morgan fingerprint density at radius 2 is 1.44 bits per heavy atom. The summed E-state index contributed by atoms with van der Waals surface area (Å²) in [5.74, 6) is 0. The second-order valence-corrected chi connectivity index (χ2v) is 10.6. The monoisotopic (exact) mass is 548 g/mol. The smallest absolute Gasteiger partial charge is 0.330 e. The number of nitrogens with zero attached hydrogens (tertiary/aromatic N) is 2. The van der Waals surface area contributed by atoms with Crippen molar-refractivity contribution in [2.75, 3.05) is 13.1 Å². The standard InChI is InChI=1S/C35H38N3O3/c1-3-4-5-6-16-23-31-25-37(26-32(41-31)38-24-27(2)33(39)36-34(38)40)35(28-17-10-7-11-18-28,29-19-12-8-13-20-29)30-21-14-9-15-22-30/h3,7-22,24,31-32H,1,4-6,23,25-26H2,2H3,(H,36,39,40). The zero-order valence-corrected chi connectivity index (χ0v) is 23.6. The van der Waals surface area contributed by atoms with Gasteiger partial charge in [-0.1, -0.05) is 97.1 Å². The maximum Gasteiger partial charge on any atom is 0.330 e. The van der Waals surface area contributed by atoms with Gasteiger partial charge in [0.2, 0.25) is 0 Å². The van der Waals surface area contributed by atoms with E-state index in [1.807, 2.05) is 24.3 Å². The van der Waals surface area contributed by atoms with Crippen LogP contribution in [0.25, 0.3) is 0 Å². The summed E-state index contributed by atoms with van der Waals surface area (Å²) in [4.78, 5) is 30.2. The van der Waals surface area contributed by atoms with Crippen LogP contribution in [-0.2, 0) is 10.3 Å². The Morgan fingerprint density at radius 3 is 1.98 bits per heavy atom. The van der Waals surface area contributed by atoms with Crippen molar-refractivity contribution in [2.24, 2.45) is 0 Å². The summed E-state index contributed by atoms with van der Waals surface area (Å²) in [6.07, 6.45) is 8.83. The molecule has 5 rings (SSSR count). The number of benzene rings is 3. The van der Waals surface area contributed by atoms with Crippen LogP contribution in [0.4, 0.5) is 0 Å². The molecule has 1 radical (unpaired) electrons. The first-order valence-corrected chi connectivity index (χ1v) is 14.4. The predicted octanol–water partition coefficient (Wildman–Crippen LogP) is 5.99. The lowest BCUT2D eigenvalue weighted by Crippen LogP contribution is -2.57. The number of unbranched alkanes of at least 4 members (excludes halogenated alkanes) is 3. The van der Waals surface area contributed by atoms with Gasteiger partial charge in [0.25, 0.3) is 5.56 Å². The van der Waals surface area contributed by atoms with Crippen LogP contribution in [0.15, 0.2) is 119 Å². The van der Waals surface area contributed by atoms with Gasteiger partial charge in [-0.3, -0.25) is 19.2 Å². The van der Waals surface area contributed by atoms with Crippen LogP contribution >= 0.6 is 0 Å². The minimum Gasteiger partial charge on any atom is -0.352 e. The molecule has 1 N–H and O–H groups in total. The summed E-state index contributed by atoms with van der Waals surface area (Å²) in [7, 11) is 0. The molecule has 1 aromatic heterocycles. The maximum absolute atomic E-state index is 13.1. The van der Waals surface area contributed by atoms with E-state index in [1.54, 1.807) is 17.7 Å². The van der Waals surface area contributed by atoms with Crippen LogP contribution in [0.5, 0.6) is 0 Å². The number of ether oxygens (including phenoxy) is 1. The third-order valence-corrected chi connectivity index (χ3v) is 7.90. The van der Waals surface area contributed by atoms with Crippen molar-refractivity contribution in [3.05, 3.63) is 159 Å². The molecule has 2 unspecified atom stereocenters. The fraction of sp³-hybridized carbons (Fsp3) is 0.286. The van der Waals surface area contributed by atoms with Gasteiger partial charge >= 0.3 is 5.69 Å². The Kier molecular flexibility index (Phi) is 9.12. The molecule has 1 saturated heterocycles. The molecule has 2 atom stereocenters. The lowest BCUT2D eigenvalue weighted by molar-refractivity contribution is -0.138. The van der Waals surface area contributed by atoms with E-state index < -0.39 is 17.5 Å². The van der Waals surface area contributed by atoms with E-state index >= 15 is 0 Å². The van der Waals surface area contributed by atoms with Gasteiger partial charge in [-0.05, 0) is 55.7 Å². The number of hydrogen-bond donors (Lipinski definition) is 1. The van der Waals surface area contributed by atoms with Crippen molar-refractivity contribution >= 4 is 0 Å². The topological polar surface area (TPSA) is 67.3 Å². The lowest BCUT2D eigenvalue weighted by atomic mass is 9.75. The van der Waals surface area contributed by atoms with Crippen LogP contribution in [0.1, 0.15) is 54.2 Å². The Bertz CT molecular complexity index is 1430. The van der Waals surface area contributed by atoms with Crippen LogP contribution < -0.4 is 11.2 Å². The van der Waals surface area contributed by atoms with E-state index in [-0.39, 0.29) is 11.7 Å². The first-order chi connectivity index (χ1) is 20.0. The van der Waals surface area contributed by atoms with E-state index in [4.69, 9.17) is 4.74 Å². The Hall–Kier alpha value is -4.00. The summed E-state index contributed by atoms with van der Waals surface area (Å²) in [5, 5.41) is 0. The van der Waals surface area contributed by atoms with Gasteiger partial charge in [0.15, 0.2) is 6.23 Å². The van der Waals surface area contributed by atoms with Crippen molar-refractivity contribution in [2.45, 2.75) is 50.5 Å². The Morgan fingerprint density at radius 1 is 0.878 bits per heavy atom. The molecule has 0 aliphatic carbocycles. The molecule has 0 amide bonds. The minimum absolute atomic E-state index is 0.160. The van der Waals surface area contributed by atoms with Gasteiger partial charge in [0.1, 0.15) is 0 Å². The summed E-state index contributed by atoms with van der Waals surface area (Å²) in [6, 6.07) is 31.6. The summed E-state index contributed by atoms with van der Waals surface area (Å²) >= 11 is 0. The average Bonchev–Trinajstić information content (AvgIpc) is 3.01. The molecule has 0 saturated carbocycles. The van der Waals surface area contributed by atoms with Crippen LogP contribution in [-0.4, -0.2) is 33.6 Å². The van der Waals surface area contributed by atoms with Crippen molar-refractivity contribution in [1.82, 2.24) is 14.5 Å². The second-order valence-electron chi connectivity index (χ2n) is 10.6. The van der Waals surface area contributed by atoms with Crippen molar-refractivity contribution in [1.29, 1.82) is 0 Å². The van der Waals surface area contributed by atoms with Gasteiger partial charge in [-0.2, -0.15) is 0 Å². The molecule has 4 aromatic rings. The molecule has 6 heteroatoms. The normalized spacial score (nSPS) is 17.8. The highest BCUT2D eigenvalue weighted by atomic mass is 16.5. The molecular formula is C35H38N3O3. The fourth-order valence-electron chi connectivity index (χ4n) is 5.97. The molecule has 41 heavy (non-hydrogen) atoms. The summed E-state index contributed by atoms with van der Waals surface area (Å²) < 4.78 is 8.18. The van der Waals surface area contributed by atoms with Crippen molar-refractivity contribution in [3.63, 3.8) is 0 Å². The molecule has 1 fully saturated rings. The Balaban J connectivity index is 1.66. The van der Waals surface area contributed by atoms with Gasteiger partial charge in [-0.25, -0.2) is 4.79 Å². The van der Waals surface area contributed by atoms with E-state index in [2.05, 4.69) is 95.7 Å². The van der Waals surface area contributed by atoms with E-state index in [1.165, 1.54) is 0 Å². The molecule has 0 spiro atoms. The highest BCUT2D eigenvalue weighted by molar-refractivity contribution is 5.49. The quantitative estimate of drug-likeness (QED) is 0.142. The number of allylic oxidation sites excluding steroid dienone is 1. The van der Waals surface area contributed by atoms with Crippen molar-refractivity contribution in [3.8, 4) is 0 Å². The molecule has 3 aromatic carbocycles.